The Balaban J connectivity index is 1.65. The lowest BCUT2D eigenvalue weighted by molar-refractivity contribution is -0.391. The lowest BCUT2D eigenvalue weighted by Crippen LogP contribution is -2.25. The molecule has 4 rings (SSSR count). The van der Waals surface area contributed by atoms with Crippen LogP contribution in [0.5, 0.6) is 0 Å². The maximum absolute atomic E-state index is 10.9. The second-order valence-corrected chi connectivity index (χ2v) is 5.71. The van der Waals surface area contributed by atoms with Crippen molar-refractivity contribution in [1.82, 2.24) is 14.6 Å². The van der Waals surface area contributed by atoms with Crippen molar-refractivity contribution in [2.45, 2.75) is 31.7 Å². The average molecular weight is 273 g/mol. The highest BCUT2D eigenvalue weighted by molar-refractivity contribution is 5.48. The van der Waals surface area contributed by atoms with Crippen molar-refractivity contribution in [3.05, 3.63) is 28.4 Å². The fourth-order valence-electron chi connectivity index (χ4n) is 2.76. The van der Waals surface area contributed by atoms with E-state index in [1.165, 1.54) is 36.4 Å². The zero-order valence-electron chi connectivity index (χ0n) is 10.9. The predicted molar refractivity (Wildman–Crippen MR) is 72.5 cm³/mol. The molecule has 2 aliphatic carbocycles. The Morgan fingerprint density at radius 1 is 1.30 bits per heavy atom. The molecule has 2 aliphatic rings. The summed E-state index contributed by atoms with van der Waals surface area (Å²) in [7, 11) is 0. The summed E-state index contributed by atoms with van der Waals surface area (Å²) in [4.78, 5) is 14.5. The molecule has 7 nitrogen and oxygen atoms in total. The minimum absolute atomic E-state index is 0.0990. The van der Waals surface area contributed by atoms with Gasteiger partial charge in [0.05, 0.1) is 0 Å². The van der Waals surface area contributed by atoms with Crippen LogP contribution in [0, 0.1) is 22.0 Å². The van der Waals surface area contributed by atoms with Crippen molar-refractivity contribution in [2.24, 2.45) is 11.8 Å². The van der Waals surface area contributed by atoms with Crippen LogP contribution in [0.25, 0.3) is 5.65 Å². The zero-order chi connectivity index (χ0) is 13.7. The summed E-state index contributed by atoms with van der Waals surface area (Å²) in [5.74, 6) is 2.09. The smallest absolute Gasteiger partial charge is 0.364 e. The molecule has 2 fully saturated rings. The van der Waals surface area contributed by atoms with E-state index in [9.17, 15) is 10.1 Å². The van der Waals surface area contributed by atoms with Gasteiger partial charge in [0.15, 0.2) is 5.82 Å². The largest absolute Gasteiger partial charge is 0.368 e. The van der Waals surface area contributed by atoms with Crippen LogP contribution in [-0.4, -0.2) is 25.6 Å². The minimum atomic E-state index is -0.462. The first kappa shape index (κ1) is 11.6. The number of nitro groups is 1. The Hall–Kier alpha value is -2.18. The molecule has 2 heterocycles. The van der Waals surface area contributed by atoms with Gasteiger partial charge in [-0.15, -0.1) is 0 Å². The maximum atomic E-state index is 10.9. The quantitative estimate of drug-likeness (QED) is 0.667. The fraction of sp³-hybridized carbons (Fsp3) is 0.538. The molecule has 0 aromatic carbocycles. The summed E-state index contributed by atoms with van der Waals surface area (Å²) in [5, 5.41) is 18.7. The first-order valence-electron chi connectivity index (χ1n) is 6.98. The summed E-state index contributed by atoms with van der Waals surface area (Å²) in [6, 6.07) is 4.09. The number of fused-ring (bicyclic) bond motifs is 1. The number of nitrogens with one attached hydrogen (secondary N) is 1. The standard InChI is InChI=1S/C13H15N5O2/c19-18(20)12-7-14-11-6-5-10(16-17(11)12)15-13(8-1-2-8)9-3-4-9/h5-9,13H,1-4H2,(H,15,16). The van der Waals surface area contributed by atoms with E-state index in [0.717, 1.165) is 11.8 Å². The zero-order valence-corrected chi connectivity index (χ0v) is 10.9. The fourth-order valence-corrected chi connectivity index (χ4v) is 2.76. The number of hydrogen-bond acceptors (Lipinski definition) is 5. The monoisotopic (exact) mass is 273 g/mol. The molecule has 0 spiro atoms. The topological polar surface area (TPSA) is 85.4 Å². The Bertz CT molecular complexity index is 662. The third-order valence-electron chi connectivity index (χ3n) is 4.11. The van der Waals surface area contributed by atoms with Crippen molar-refractivity contribution in [3.8, 4) is 0 Å². The van der Waals surface area contributed by atoms with Crippen LogP contribution in [0.1, 0.15) is 25.7 Å². The Morgan fingerprint density at radius 3 is 2.60 bits per heavy atom. The number of nitrogens with zero attached hydrogens (tertiary/aromatic N) is 4. The lowest BCUT2D eigenvalue weighted by Gasteiger charge is -2.17. The molecule has 1 N–H and O–H groups in total. The maximum Gasteiger partial charge on any atom is 0.368 e. The number of anilines is 1. The Kier molecular flexibility index (Phi) is 2.42. The molecule has 7 heteroatoms. The van der Waals surface area contributed by atoms with E-state index in [1.54, 1.807) is 6.07 Å². The van der Waals surface area contributed by atoms with Gasteiger partial charge in [0.1, 0.15) is 6.20 Å². The van der Waals surface area contributed by atoms with Gasteiger partial charge in [0, 0.05) is 12.1 Å². The van der Waals surface area contributed by atoms with Gasteiger partial charge in [-0.05, 0) is 48.5 Å². The molecule has 2 aromatic rings. The number of aromatic nitrogens is 3. The minimum Gasteiger partial charge on any atom is -0.364 e. The summed E-state index contributed by atoms with van der Waals surface area (Å²) in [5.41, 5.74) is 0.497. The van der Waals surface area contributed by atoms with Crippen LogP contribution < -0.4 is 5.32 Å². The van der Waals surface area contributed by atoms with Crippen LogP contribution in [0.4, 0.5) is 11.6 Å². The first-order chi connectivity index (χ1) is 9.72. The molecule has 104 valence electrons. The molecular weight excluding hydrogens is 258 g/mol. The Morgan fingerprint density at radius 2 is 2.00 bits per heavy atom. The van der Waals surface area contributed by atoms with Gasteiger partial charge in [-0.3, -0.25) is 0 Å². The van der Waals surface area contributed by atoms with Crippen molar-refractivity contribution in [3.63, 3.8) is 0 Å². The average Bonchev–Trinajstić information content (AvgIpc) is 3.32. The van der Waals surface area contributed by atoms with Crippen LogP contribution in [0.15, 0.2) is 18.3 Å². The summed E-state index contributed by atoms with van der Waals surface area (Å²) < 4.78 is 1.29. The second-order valence-electron chi connectivity index (χ2n) is 5.71. The van der Waals surface area contributed by atoms with Gasteiger partial charge in [0.2, 0.25) is 5.65 Å². The van der Waals surface area contributed by atoms with Gasteiger partial charge >= 0.3 is 5.82 Å². The van der Waals surface area contributed by atoms with Crippen LogP contribution in [0.3, 0.4) is 0 Å². The van der Waals surface area contributed by atoms with E-state index in [0.29, 0.717) is 17.5 Å². The molecular formula is C13H15N5O2. The molecule has 2 saturated carbocycles. The van der Waals surface area contributed by atoms with Crippen LogP contribution in [-0.2, 0) is 0 Å². The first-order valence-corrected chi connectivity index (χ1v) is 6.98. The molecule has 0 unspecified atom stereocenters. The Labute approximate surface area is 115 Å². The van der Waals surface area contributed by atoms with Crippen molar-refractivity contribution in [1.29, 1.82) is 0 Å². The predicted octanol–water partition coefficient (Wildman–Crippen LogP) is 2.24. The lowest BCUT2D eigenvalue weighted by atomic mass is 10.1. The van der Waals surface area contributed by atoms with E-state index in [1.807, 2.05) is 6.07 Å². The van der Waals surface area contributed by atoms with Gasteiger partial charge in [0.25, 0.3) is 0 Å². The van der Waals surface area contributed by atoms with Gasteiger partial charge in [-0.25, -0.2) is 4.98 Å². The highest BCUT2D eigenvalue weighted by Gasteiger charge is 2.41. The van der Waals surface area contributed by atoms with Gasteiger partial charge in [-0.2, -0.15) is 0 Å². The van der Waals surface area contributed by atoms with E-state index < -0.39 is 4.92 Å². The number of hydrogen-bond donors (Lipinski definition) is 1. The van der Waals surface area contributed by atoms with E-state index >= 15 is 0 Å². The molecule has 2 aromatic heterocycles. The molecule has 0 bridgehead atoms. The third-order valence-corrected chi connectivity index (χ3v) is 4.11. The molecule has 0 atom stereocenters. The molecule has 0 amide bonds. The van der Waals surface area contributed by atoms with E-state index in [4.69, 9.17) is 0 Å². The number of imidazole rings is 1. The molecule has 0 aliphatic heterocycles. The molecule has 0 saturated heterocycles. The normalized spacial score (nSPS) is 18.6. The third kappa shape index (κ3) is 1.99. The summed E-state index contributed by atoms with van der Waals surface area (Å²) in [6.45, 7) is 0. The van der Waals surface area contributed by atoms with Crippen LogP contribution in [0.2, 0.25) is 0 Å². The van der Waals surface area contributed by atoms with Gasteiger partial charge < -0.3 is 15.4 Å². The second kappa shape index (κ2) is 4.16. The number of rotatable bonds is 5. The van der Waals surface area contributed by atoms with E-state index in [-0.39, 0.29) is 5.82 Å². The van der Waals surface area contributed by atoms with Crippen LogP contribution >= 0.6 is 0 Å². The van der Waals surface area contributed by atoms with Crippen molar-refractivity contribution < 1.29 is 4.92 Å². The van der Waals surface area contributed by atoms with Gasteiger partial charge in [-0.1, -0.05) is 9.61 Å². The molecule has 0 radical (unpaired) electrons. The SMILES string of the molecule is O=[N+]([O-])c1cnc2ccc(NC(C3CC3)C3CC3)nn12. The summed E-state index contributed by atoms with van der Waals surface area (Å²) in [6.07, 6.45) is 6.36. The highest BCUT2D eigenvalue weighted by Crippen LogP contribution is 2.45. The summed E-state index contributed by atoms with van der Waals surface area (Å²) >= 11 is 0. The molecule has 20 heavy (non-hydrogen) atoms. The van der Waals surface area contributed by atoms with E-state index in [2.05, 4.69) is 15.4 Å². The van der Waals surface area contributed by atoms with Crippen molar-refractivity contribution in [2.75, 3.05) is 5.32 Å². The highest BCUT2D eigenvalue weighted by atomic mass is 16.6. The van der Waals surface area contributed by atoms with Crippen molar-refractivity contribution >= 4 is 17.3 Å².